The molecule has 6 nitrogen and oxygen atoms in total. The van der Waals surface area contributed by atoms with Gasteiger partial charge in [0.1, 0.15) is 6.04 Å². The number of nitrogens with two attached hydrogens (primary N) is 1. The van der Waals surface area contributed by atoms with Crippen LogP contribution in [0.3, 0.4) is 0 Å². The van der Waals surface area contributed by atoms with Crippen molar-refractivity contribution in [1.29, 1.82) is 0 Å². The number of aromatic nitrogens is 2. The first-order valence-corrected chi connectivity index (χ1v) is 9.26. The summed E-state index contributed by atoms with van der Waals surface area (Å²) in [6, 6.07) is 10.5. The predicted octanol–water partition coefficient (Wildman–Crippen LogP) is 2.56. The fourth-order valence-electron chi connectivity index (χ4n) is 4.00. The average Bonchev–Trinajstić information content (AvgIpc) is 3.28. The van der Waals surface area contributed by atoms with E-state index in [4.69, 9.17) is 15.2 Å². The smallest absolute Gasteiger partial charge is 0.248 e. The highest BCUT2D eigenvalue weighted by molar-refractivity contribution is 5.85. The molecule has 1 atom stereocenters. The van der Waals surface area contributed by atoms with Crippen LogP contribution in [0.4, 0.5) is 0 Å². The van der Waals surface area contributed by atoms with E-state index in [-0.39, 0.29) is 18.4 Å². The summed E-state index contributed by atoms with van der Waals surface area (Å²) in [7, 11) is 2.16. The van der Waals surface area contributed by atoms with Crippen molar-refractivity contribution in [2.24, 2.45) is 5.73 Å². The van der Waals surface area contributed by atoms with E-state index in [2.05, 4.69) is 46.3 Å². The van der Waals surface area contributed by atoms with E-state index >= 15 is 0 Å². The second kappa shape index (κ2) is 8.05. The molecule has 26 heavy (non-hydrogen) atoms. The molecule has 2 aliphatic rings. The molecule has 2 heterocycles. The summed E-state index contributed by atoms with van der Waals surface area (Å²) in [6.07, 6.45) is 4.16. The normalized spacial score (nSPS) is 22.1. The molecule has 1 aliphatic carbocycles. The molecule has 1 aliphatic heterocycles. The molecule has 7 heteroatoms. The topological polar surface area (TPSA) is 71.4 Å². The third kappa shape index (κ3) is 3.78. The number of hydrogen-bond acceptors (Lipinski definition) is 6. The van der Waals surface area contributed by atoms with E-state index in [1.807, 2.05) is 6.07 Å². The van der Waals surface area contributed by atoms with E-state index in [1.54, 1.807) is 0 Å². The van der Waals surface area contributed by atoms with Gasteiger partial charge in [-0.05, 0) is 25.5 Å². The lowest BCUT2D eigenvalue weighted by Gasteiger charge is -2.36. The third-order valence-electron chi connectivity index (χ3n) is 5.64. The van der Waals surface area contributed by atoms with Crippen LogP contribution >= 0.6 is 12.4 Å². The molecule has 1 saturated heterocycles. The predicted molar refractivity (Wildman–Crippen MR) is 103 cm³/mol. The van der Waals surface area contributed by atoms with Gasteiger partial charge >= 0.3 is 0 Å². The Morgan fingerprint density at radius 2 is 1.73 bits per heavy atom. The van der Waals surface area contributed by atoms with Crippen LogP contribution in [0.15, 0.2) is 34.9 Å². The van der Waals surface area contributed by atoms with Crippen LogP contribution in [0.2, 0.25) is 0 Å². The van der Waals surface area contributed by atoms with Gasteiger partial charge in [-0.2, -0.15) is 4.98 Å². The van der Waals surface area contributed by atoms with Crippen molar-refractivity contribution in [2.45, 2.75) is 37.3 Å². The average molecular weight is 378 g/mol. The molecule has 1 aromatic heterocycles. The maximum Gasteiger partial charge on any atom is 0.248 e. The second-order valence-electron chi connectivity index (χ2n) is 7.47. The summed E-state index contributed by atoms with van der Waals surface area (Å²) in [4.78, 5) is 9.56. The zero-order valence-electron chi connectivity index (χ0n) is 15.3. The maximum atomic E-state index is 6.52. The van der Waals surface area contributed by atoms with Crippen molar-refractivity contribution in [1.82, 2.24) is 19.9 Å². The Morgan fingerprint density at radius 1 is 1.08 bits per heavy atom. The quantitative estimate of drug-likeness (QED) is 0.882. The number of nitrogens with zero attached hydrogens (tertiary/aromatic N) is 4. The molecular formula is C19H28ClN5O. The van der Waals surface area contributed by atoms with Gasteiger partial charge in [-0.3, -0.25) is 4.90 Å². The minimum absolute atomic E-state index is 0. The summed E-state index contributed by atoms with van der Waals surface area (Å²) in [5.41, 5.74) is 7.31. The van der Waals surface area contributed by atoms with Gasteiger partial charge in [0.25, 0.3) is 0 Å². The molecule has 2 N–H and O–H groups in total. The Bertz CT molecular complexity index is 693. The SMILES string of the molecule is CN1CCN(C(c2ccccc2)c2nc(C3(N)CCCC3)no2)CC1.Cl. The molecule has 142 valence electrons. The van der Waals surface area contributed by atoms with Crippen molar-refractivity contribution in [3.8, 4) is 0 Å². The van der Waals surface area contributed by atoms with Gasteiger partial charge in [-0.25, -0.2) is 0 Å². The highest BCUT2D eigenvalue weighted by atomic mass is 35.5. The van der Waals surface area contributed by atoms with Crippen molar-refractivity contribution in [3.05, 3.63) is 47.6 Å². The molecule has 0 radical (unpaired) electrons. The lowest BCUT2D eigenvalue weighted by molar-refractivity contribution is 0.111. The lowest BCUT2D eigenvalue weighted by Crippen LogP contribution is -2.46. The molecule has 2 aromatic rings. The minimum Gasteiger partial charge on any atom is -0.337 e. The van der Waals surface area contributed by atoms with Gasteiger partial charge in [0.15, 0.2) is 5.82 Å². The third-order valence-corrected chi connectivity index (χ3v) is 5.64. The summed E-state index contributed by atoms with van der Waals surface area (Å²) in [6.45, 7) is 4.07. The van der Waals surface area contributed by atoms with E-state index < -0.39 is 5.54 Å². The second-order valence-corrected chi connectivity index (χ2v) is 7.47. The Hall–Kier alpha value is -1.47. The number of halogens is 1. The Kier molecular flexibility index (Phi) is 5.97. The first-order chi connectivity index (χ1) is 12.2. The van der Waals surface area contributed by atoms with Crippen molar-refractivity contribution in [3.63, 3.8) is 0 Å². The van der Waals surface area contributed by atoms with E-state index in [1.165, 1.54) is 5.56 Å². The molecule has 4 rings (SSSR count). The molecule has 1 saturated carbocycles. The van der Waals surface area contributed by atoms with Crippen molar-refractivity contribution < 1.29 is 4.52 Å². The monoisotopic (exact) mass is 377 g/mol. The zero-order valence-corrected chi connectivity index (χ0v) is 16.1. The van der Waals surface area contributed by atoms with Crippen LogP contribution in [0, 0.1) is 0 Å². The van der Waals surface area contributed by atoms with E-state index in [9.17, 15) is 0 Å². The number of hydrogen-bond donors (Lipinski definition) is 1. The molecule has 0 amide bonds. The molecule has 1 unspecified atom stereocenters. The van der Waals surface area contributed by atoms with Crippen LogP contribution < -0.4 is 5.73 Å². The Balaban J connectivity index is 0.00000196. The van der Waals surface area contributed by atoms with Gasteiger partial charge in [-0.1, -0.05) is 48.3 Å². The first kappa shape index (κ1) is 19.3. The Labute approximate surface area is 161 Å². The van der Waals surface area contributed by atoms with Crippen LogP contribution in [0.1, 0.15) is 49.0 Å². The number of piperazine rings is 1. The molecule has 1 aromatic carbocycles. The van der Waals surface area contributed by atoms with E-state index in [0.29, 0.717) is 11.7 Å². The van der Waals surface area contributed by atoms with Crippen molar-refractivity contribution in [2.75, 3.05) is 33.2 Å². The largest absolute Gasteiger partial charge is 0.337 e. The molecule has 0 bridgehead atoms. The van der Waals surface area contributed by atoms with Gasteiger partial charge < -0.3 is 15.2 Å². The molecular weight excluding hydrogens is 350 g/mol. The lowest BCUT2D eigenvalue weighted by atomic mass is 9.98. The number of benzene rings is 1. The maximum absolute atomic E-state index is 6.52. The molecule has 0 spiro atoms. The molecule has 2 fully saturated rings. The van der Waals surface area contributed by atoms with Gasteiger partial charge in [-0.15, -0.1) is 12.4 Å². The van der Waals surface area contributed by atoms with Crippen LogP contribution in [0.5, 0.6) is 0 Å². The number of rotatable bonds is 4. The van der Waals surface area contributed by atoms with Crippen LogP contribution in [0.25, 0.3) is 0 Å². The van der Waals surface area contributed by atoms with Crippen LogP contribution in [-0.4, -0.2) is 53.2 Å². The highest BCUT2D eigenvalue weighted by Crippen LogP contribution is 2.36. The fourth-order valence-corrected chi connectivity index (χ4v) is 4.00. The highest BCUT2D eigenvalue weighted by Gasteiger charge is 2.38. The van der Waals surface area contributed by atoms with Gasteiger partial charge in [0, 0.05) is 26.2 Å². The summed E-state index contributed by atoms with van der Waals surface area (Å²) < 4.78 is 5.74. The standard InChI is InChI=1S/C19H27N5O.ClH/c1-23-11-13-24(14-12-23)16(15-7-3-2-4-8-15)17-21-18(22-25-17)19(20)9-5-6-10-19;/h2-4,7-8,16H,5-6,9-14,20H2,1H3;1H. The van der Waals surface area contributed by atoms with Gasteiger partial charge in [0.2, 0.25) is 5.89 Å². The minimum atomic E-state index is -0.412. The summed E-state index contributed by atoms with van der Waals surface area (Å²) >= 11 is 0. The van der Waals surface area contributed by atoms with Crippen molar-refractivity contribution >= 4 is 12.4 Å². The first-order valence-electron chi connectivity index (χ1n) is 9.26. The summed E-state index contributed by atoms with van der Waals surface area (Å²) in [5.74, 6) is 1.34. The zero-order chi connectivity index (χ0) is 17.3. The number of likely N-dealkylation sites (N-methyl/N-ethyl adjacent to an activating group) is 1. The summed E-state index contributed by atoms with van der Waals surface area (Å²) in [5, 5.41) is 4.28. The van der Waals surface area contributed by atoms with E-state index in [0.717, 1.165) is 51.9 Å². The Morgan fingerprint density at radius 3 is 2.38 bits per heavy atom. The van der Waals surface area contributed by atoms with Gasteiger partial charge in [0.05, 0.1) is 5.54 Å². The fraction of sp³-hybridized carbons (Fsp3) is 0.579. The van der Waals surface area contributed by atoms with Crippen LogP contribution in [-0.2, 0) is 5.54 Å².